The zero-order valence-corrected chi connectivity index (χ0v) is 21.0. The summed E-state index contributed by atoms with van der Waals surface area (Å²) in [5.74, 6) is 5.77. The van der Waals surface area contributed by atoms with Crippen LogP contribution in [0.2, 0.25) is 5.02 Å². The molecule has 0 atom stereocenters. The fourth-order valence-corrected chi connectivity index (χ4v) is 4.27. The number of hydrazone groups is 1. The fraction of sp³-hybridized carbons (Fsp3) is 0.115. The highest BCUT2D eigenvalue weighted by Gasteiger charge is 2.24. The van der Waals surface area contributed by atoms with E-state index < -0.39 is 17.2 Å². The second-order valence-electron chi connectivity index (χ2n) is 8.36. The highest BCUT2D eigenvalue weighted by atomic mass is 35.5. The van der Waals surface area contributed by atoms with Gasteiger partial charge in [0.15, 0.2) is 17.0 Å². The maximum Gasteiger partial charge on any atom is 0.379 e. The van der Waals surface area contributed by atoms with E-state index in [0.29, 0.717) is 10.6 Å². The molecule has 0 aliphatic rings. The average molecular weight is 533 g/mol. The molecule has 2 N–H and O–H groups in total. The highest BCUT2D eigenvalue weighted by molar-refractivity contribution is 6.31. The summed E-state index contributed by atoms with van der Waals surface area (Å²) in [5.41, 5.74) is 0.813. The van der Waals surface area contributed by atoms with Crippen LogP contribution in [0, 0.1) is 0 Å². The van der Waals surface area contributed by atoms with Crippen LogP contribution >= 0.6 is 11.6 Å². The zero-order valence-electron chi connectivity index (χ0n) is 20.3. The van der Waals surface area contributed by atoms with Gasteiger partial charge in [0, 0.05) is 24.7 Å². The number of benzene rings is 2. The van der Waals surface area contributed by atoms with Crippen LogP contribution in [-0.4, -0.2) is 30.4 Å². The molecule has 0 aliphatic heterocycles. The summed E-state index contributed by atoms with van der Waals surface area (Å²) in [6, 6.07) is 16.7. The lowest BCUT2D eigenvalue weighted by molar-refractivity contribution is 0.0701. The van der Waals surface area contributed by atoms with E-state index in [1.54, 1.807) is 47.0 Å². The first-order valence-electron chi connectivity index (χ1n) is 11.3. The van der Waals surface area contributed by atoms with E-state index in [4.69, 9.17) is 26.6 Å². The van der Waals surface area contributed by atoms with Gasteiger partial charge in [-0.1, -0.05) is 29.8 Å². The molecule has 12 heteroatoms. The number of halogens is 1. The van der Waals surface area contributed by atoms with Gasteiger partial charge < -0.3 is 19.6 Å². The van der Waals surface area contributed by atoms with Gasteiger partial charge in [-0.2, -0.15) is 5.10 Å². The lowest BCUT2D eigenvalue weighted by Crippen LogP contribution is -2.37. The van der Waals surface area contributed by atoms with Gasteiger partial charge in [-0.15, -0.1) is 0 Å². The fourth-order valence-electron chi connectivity index (χ4n) is 4.07. The third-order valence-electron chi connectivity index (χ3n) is 6.04. The Kier molecular flexibility index (Phi) is 6.43. The monoisotopic (exact) mass is 532 g/mol. The van der Waals surface area contributed by atoms with E-state index in [9.17, 15) is 14.4 Å². The minimum atomic E-state index is -0.645. The number of aromatic nitrogens is 4. The number of nitrogens with two attached hydrogens (primary N) is 1. The number of ether oxygens (including phenoxy) is 1. The summed E-state index contributed by atoms with van der Waals surface area (Å²) >= 11 is 6.42. The van der Waals surface area contributed by atoms with Gasteiger partial charge in [0.2, 0.25) is 5.76 Å². The van der Waals surface area contributed by atoms with Gasteiger partial charge in [0.05, 0.1) is 12.8 Å². The summed E-state index contributed by atoms with van der Waals surface area (Å²) in [5, 5.41) is 4.46. The lowest BCUT2D eigenvalue weighted by Gasteiger charge is -2.12. The summed E-state index contributed by atoms with van der Waals surface area (Å²) in [6.45, 7) is 0.164. The molecule has 2 aromatic carbocycles. The quantitative estimate of drug-likeness (QED) is 0.116. The molecule has 0 saturated carbocycles. The third-order valence-corrected chi connectivity index (χ3v) is 6.40. The van der Waals surface area contributed by atoms with Crippen LogP contribution in [0.3, 0.4) is 0 Å². The Morgan fingerprint density at radius 2 is 1.79 bits per heavy atom. The SMILES string of the molecule is Cn1c(=O)c2c(nc(/C(=N/N)c3ccc(OC(=O)c4ccco4)cc3)n2Cc2ccccc2Cl)n(C)c1=O. The topological polar surface area (TPSA) is 140 Å². The Hall–Kier alpha value is -4.90. The van der Waals surface area contributed by atoms with E-state index >= 15 is 0 Å². The summed E-state index contributed by atoms with van der Waals surface area (Å²) < 4.78 is 14.3. The van der Waals surface area contributed by atoms with Crippen LogP contribution in [-0.2, 0) is 20.6 Å². The molecule has 38 heavy (non-hydrogen) atoms. The Morgan fingerprint density at radius 1 is 1.05 bits per heavy atom. The summed E-state index contributed by atoms with van der Waals surface area (Å²) in [7, 11) is 2.93. The average Bonchev–Trinajstić information content (AvgIpc) is 3.58. The van der Waals surface area contributed by atoms with E-state index in [1.165, 1.54) is 31.0 Å². The number of imidazole rings is 1. The predicted octanol–water partition coefficient (Wildman–Crippen LogP) is 2.66. The van der Waals surface area contributed by atoms with Crippen molar-refractivity contribution >= 4 is 34.4 Å². The van der Waals surface area contributed by atoms with Crippen molar-refractivity contribution in [3.05, 3.63) is 115 Å². The summed E-state index contributed by atoms with van der Waals surface area (Å²) in [6.07, 6.45) is 1.38. The standard InChI is InChI=1S/C26H21ClN6O5/c1-31-23-21(24(34)32(2)26(31)36)33(14-16-6-3-4-7-18(16)27)22(29-23)20(30-28)15-9-11-17(12-10-15)38-25(35)19-8-5-13-37-19/h3-13H,14,28H2,1-2H3/b30-20+. The maximum atomic E-state index is 13.2. The van der Waals surface area contributed by atoms with E-state index in [-0.39, 0.29) is 40.8 Å². The molecule has 0 radical (unpaired) electrons. The molecule has 3 heterocycles. The maximum absolute atomic E-state index is 13.2. The van der Waals surface area contributed by atoms with Crippen LogP contribution in [0.4, 0.5) is 0 Å². The first-order valence-corrected chi connectivity index (χ1v) is 11.7. The van der Waals surface area contributed by atoms with Crippen molar-refractivity contribution in [2.24, 2.45) is 25.0 Å². The molecule has 11 nitrogen and oxygen atoms in total. The molecular formula is C26H21ClN6O5. The minimum absolute atomic E-state index is 0.0683. The van der Waals surface area contributed by atoms with Crippen molar-refractivity contribution in [2.75, 3.05) is 0 Å². The number of fused-ring (bicyclic) bond motifs is 1. The van der Waals surface area contributed by atoms with E-state index in [0.717, 1.165) is 10.1 Å². The Labute approximate surface area is 220 Å². The van der Waals surface area contributed by atoms with Gasteiger partial charge in [0.1, 0.15) is 11.5 Å². The van der Waals surface area contributed by atoms with E-state index in [1.807, 2.05) is 12.1 Å². The van der Waals surface area contributed by atoms with Gasteiger partial charge in [-0.05, 0) is 48.0 Å². The number of rotatable bonds is 6. The molecule has 0 amide bonds. The van der Waals surface area contributed by atoms with Crippen molar-refractivity contribution in [3.8, 4) is 5.75 Å². The van der Waals surface area contributed by atoms with Crippen molar-refractivity contribution in [1.82, 2.24) is 18.7 Å². The number of hydrogen-bond donors (Lipinski definition) is 1. The minimum Gasteiger partial charge on any atom is -0.457 e. The molecule has 192 valence electrons. The molecule has 0 saturated heterocycles. The number of hydrogen-bond acceptors (Lipinski definition) is 8. The van der Waals surface area contributed by atoms with Crippen LogP contribution in [0.15, 0.2) is 86.0 Å². The molecular weight excluding hydrogens is 512 g/mol. The van der Waals surface area contributed by atoms with Crippen molar-refractivity contribution < 1.29 is 13.9 Å². The molecule has 3 aromatic heterocycles. The largest absolute Gasteiger partial charge is 0.457 e. The molecule has 5 rings (SSSR count). The molecule has 5 aromatic rings. The predicted molar refractivity (Wildman–Crippen MR) is 141 cm³/mol. The smallest absolute Gasteiger partial charge is 0.379 e. The number of carbonyl (C=O) groups excluding carboxylic acids is 1. The van der Waals surface area contributed by atoms with Crippen molar-refractivity contribution in [3.63, 3.8) is 0 Å². The highest BCUT2D eigenvalue weighted by Crippen LogP contribution is 2.23. The second kappa shape index (κ2) is 9.87. The normalized spacial score (nSPS) is 11.7. The third kappa shape index (κ3) is 4.28. The molecule has 0 bridgehead atoms. The number of nitrogens with zero attached hydrogens (tertiary/aromatic N) is 5. The molecule has 0 unspecified atom stereocenters. The van der Waals surface area contributed by atoms with Gasteiger partial charge >= 0.3 is 11.7 Å². The van der Waals surface area contributed by atoms with Crippen molar-refractivity contribution in [1.29, 1.82) is 0 Å². The first kappa shape index (κ1) is 24.8. The van der Waals surface area contributed by atoms with E-state index in [2.05, 4.69) is 10.1 Å². The molecule has 0 fully saturated rings. The Balaban J connectivity index is 1.62. The molecule has 0 aliphatic carbocycles. The second-order valence-corrected chi connectivity index (χ2v) is 8.77. The number of furan rings is 1. The van der Waals surface area contributed by atoms with Crippen LogP contribution in [0.25, 0.3) is 11.2 Å². The number of carbonyl (C=O) groups is 1. The number of esters is 1. The lowest BCUT2D eigenvalue weighted by atomic mass is 10.1. The van der Waals surface area contributed by atoms with Crippen LogP contribution in [0.5, 0.6) is 5.75 Å². The Morgan fingerprint density at radius 3 is 2.45 bits per heavy atom. The molecule has 0 spiro atoms. The van der Waals surface area contributed by atoms with Gasteiger partial charge in [0.25, 0.3) is 5.56 Å². The summed E-state index contributed by atoms with van der Waals surface area (Å²) in [4.78, 5) is 42.6. The Bertz CT molecular complexity index is 1810. The van der Waals surface area contributed by atoms with Crippen LogP contribution < -0.4 is 21.8 Å². The van der Waals surface area contributed by atoms with Crippen molar-refractivity contribution in [2.45, 2.75) is 6.54 Å². The van der Waals surface area contributed by atoms with Crippen LogP contribution in [0.1, 0.15) is 27.5 Å². The number of aryl methyl sites for hydroxylation is 1. The van der Waals surface area contributed by atoms with Gasteiger partial charge in [-0.3, -0.25) is 13.9 Å². The zero-order chi connectivity index (χ0) is 27.0. The van der Waals surface area contributed by atoms with Gasteiger partial charge in [-0.25, -0.2) is 14.6 Å². The first-order chi connectivity index (χ1) is 18.3.